The predicted molar refractivity (Wildman–Crippen MR) is 34.6 cm³/mol. The van der Waals surface area contributed by atoms with Crippen LogP contribution in [-0.2, 0) is 4.74 Å². The van der Waals surface area contributed by atoms with E-state index in [0.29, 0.717) is 12.8 Å². The maximum atomic E-state index is 13.2. The molecule has 1 heterocycles. The van der Waals surface area contributed by atoms with Crippen molar-refractivity contribution < 1.29 is 13.5 Å². The van der Waals surface area contributed by atoms with Crippen LogP contribution in [0.3, 0.4) is 0 Å². The van der Waals surface area contributed by atoms with Gasteiger partial charge < -0.3 is 4.74 Å². The molecule has 0 radical (unpaired) electrons. The summed E-state index contributed by atoms with van der Waals surface area (Å²) in [6.45, 7) is 0. The molecular weight excluding hydrogens is 150 g/mol. The lowest BCUT2D eigenvalue weighted by Crippen LogP contribution is -2.29. The van der Waals surface area contributed by atoms with Gasteiger partial charge in [0.2, 0.25) is 0 Å². The van der Waals surface area contributed by atoms with Gasteiger partial charge in [-0.05, 0) is 25.7 Å². The first-order valence-corrected chi connectivity index (χ1v) is 4.16. The van der Waals surface area contributed by atoms with Crippen molar-refractivity contribution in [1.29, 1.82) is 0 Å². The Bertz CT molecular complexity index is 208. The van der Waals surface area contributed by atoms with Crippen LogP contribution in [0.2, 0.25) is 0 Å². The van der Waals surface area contributed by atoms with Crippen LogP contribution in [0.4, 0.5) is 8.78 Å². The third kappa shape index (κ3) is 0.632. The van der Waals surface area contributed by atoms with Crippen molar-refractivity contribution in [2.75, 3.05) is 0 Å². The van der Waals surface area contributed by atoms with Gasteiger partial charge in [0.15, 0.2) is 0 Å². The van der Waals surface area contributed by atoms with E-state index in [0.717, 1.165) is 12.8 Å². The molecule has 0 atom stereocenters. The minimum atomic E-state index is -2.52. The van der Waals surface area contributed by atoms with Gasteiger partial charge in [0.25, 0.3) is 5.92 Å². The second kappa shape index (κ2) is 1.35. The number of hydrogen-bond donors (Lipinski definition) is 0. The number of ether oxygens (including phenoxy) is 1. The highest BCUT2D eigenvalue weighted by Crippen LogP contribution is 2.67. The van der Waals surface area contributed by atoms with Crippen LogP contribution in [0.25, 0.3) is 0 Å². The number of alkyl halides is 2. The van der Waals surface area contributed by atoms with Gasteiger partial charge in [-0.1, -0.05) is 0 Å². The summed E-state index contributed by atoms with van der Waals surface area (Å²) in [6.07, 6.45) is 2.83. The van der Waals surface area contributed by atoms with Crippen molar-refractivity contribution in [3.05, 3.63) is 0 Å². The fraction of sp³-hybridized carbons (Fsp3) is 1.00. The monoisotopic (exact) mass is 160 g/mol. The molecule has 0 N–H and O–H groups in total. The Morgan fingerprint density at radius 3 is 1.91 bits per heavy atom. The molecule has 3 rings (SSSR count). The van der Waals surface area contributed by atoms with Crippen LogP contribution >= 0.6 is 0 Å². The standard InChI is InChI=1S/C8H10F2O/c9-8(10)5-6(1-2-6)11-7(8)3-4-7/h1-5H2. The summed E-state index contributed by atoms with van der Waals surface area (Å²) in [5.74, 6) is -2.52. The molecule has 3 fully saturated rings. The van der Waals surface area contributed by atoms with Crippen LogP contribution in [0, 0.1) is 0 Å². The summed E-state index contributed by atoms with van der Waals surface area (Å²) in [4.78, 5) is 0. The lowest BCUT2D eigenvalue weighted by atomic mass is 10.1. The van der Waals surface area contributed by atoms with Crippen molar-refractivity contribution in [3.8, 4) is 0 Å². The van der Waals surface area contributed by atoms with Gasteiger partial charge in [-0.2, -0.15) is 0 Å². The Hall–Kier alpha value is -0.180. The van der Waals surface area contributed by atoms with Crippen LogP contribution < -0.4 is 0 Å². The van der Waals surface area contributed by atoms with E-state index in [1.165, 1.54) is 0 Å². The zero-order valence-corrected chi connectivity index (χ0v) is 6.20. The number of hydrogen-bond acceptors (Lipinski definition) is 1. The SMILES string of the molecule is FC1(F)CC2(CC2)OC12CC2. The molecule has 2 spiro atoms. The molecule has 0 aromatic carbocycles. The molecule has 62 valence electrons. The van der Waals surface area contributed by atoms with E-state index in [2.05, 4.69) is 0 Å². The van der Waals surface area contributed by atoms with Gasteiger partial charge in [-0.15, -0.1) is 0 Å². The summed E-state index contributed by atoms with van der Waals surface area (Å²) < 4.78 is 31.8. The molecule has 3 aliphatic rings. The molecule has 1 aliphatic heterocycles. The summed E-state index contributed by atoms with van der Waals surface area (Å²) >= 11 is 0. The first-order chi connectivity index (χ1) is 5.08. The van der Waals surface area contributed by atoms with Crippen molar-refractivity contribution in [2.45, 2.75) is 49.2 Å². The average molecular weight is 160 g/mol. The van der Waals surface area contributed by atoms with Gasteiger partial charge in [0, 0.05) is 6.42 Å². The Labute approximate surface area is 63.7 Å². The smallest absolute Gasteiger partial charge is 0.279 e. The maximum absolute atomic E-state index is 13.2. The zero-order chi connectivity index (χ0) is 7.74. The number of halogens is 2. The van der Waals surface area contributed by atoms with E-state index in [9.17, 15) is 8.78 Å². The average Bonchev–Trinajstić information content (AvgIpc) is 2.68. The van der Waals surface area contributed by atoms with Gasteiger partial charge in [0.05, 0.1) is 5.60 Å². The quantitative estimate of drug-likeness (QED) is 0.527. The molecule has 2 aliphatic carbocycles. The van der Waals surface area contributed by atoms with Crippen molar-refractivity contribution in [1.82, 2.24) is 0 Å². The van der Waals surface area contributed by atoms with E-state index in [1.54, 1.807) is 0 Å². The molecule has 0 amide bonds. The van der Waals surface area contributed by atoms with Crippen LogP contribution in [0.1, 0.15) is 32.1 Å². The fourth-order valence-corrected chi connectivity index (χ4v) is 2.09. The normalized spacial score (nSPS) is 39.8. The van der Waals surface area contributed by atoms with Gasteiger partial charge in [0.1, 0.15) is 5.60 Å². The summed E-state index contributed by atoms with van der Waals surface area (Å²) in [5.41, 5.74) is -1.37. The van der Waals surface area contributed by atoms with Gasteiger partial charge in [-0.3, -0.25) is 0 Å². The fourth-order valence-electron chi connectivity index (χ4n) is 2.09. The molecule has 0 aromatic heterocycles. The van der Waals surface area contributed by atoms with Gasteiger partial charge in [-0.25, -0.2) is 8.78 Å². The first kappa shape index (κ1) is 6.35. The third-order valence-electron chi connectivity index (χ3n) is 3.13. The lowest BCUT2D eigenvalue weighted by molar-refractivity contribution is -0.0956. The molecule has 0 bridgehead atoms. The Kier molecular flexibility index (Phi) is 0.777. The predicted octanol–water partition coefficient (Wildman–Crippen LogP) is 2.11. The highest BCUT2D eigenvalue weighted by Gasteiger charge is 2.75. The topological polar surface area (TPSA) is 9.23 Å². The Morgan fingerprint density at radius 2 is 1.64 bits per heavy atom. The highest BCUT2D eigenvalue weighted by molar-refractivity contribution is 5.19. The van der Waals surface area contributed by atoms with E-state index in [1.807, 2.05) is 0 Å². The maximum Gasteiger partial charge on any atom is 0.279 e. The molecule has 0 unspecified atom stereocenters. The second-order valence-electron chi connectivity index (χ2n) is 4.16. The van der Waals surface area contributed by atoms with Crippen molar-refractivity contribution in [3.63, 3.8) is 0 Å². The first-order valence-electron chi connectivity index (χ1n) is 4.16. The van der Waals surface area contributed by atoms with Crippen molar-refractivity contribution >= 4 is 0 Å². The minimum Gasteiger partial charge on any atom is -0.362 e. The summed E-state index contributed by atoms with van der Waals surface area (Å²) in [7, 11) is 0. The van der Waals surface area contributed by atoms with Crippen LogP contribution in [0.5, 0.6) is 0 Å². The molecule has 1 nitrogen and oxygen atoms in total. The van der Waals surface area contributed by atoms with Crippen molar-refractivity contribution in [2.24, 2.45) is 0 Å². The van der Waals surface area contributed by atoms with E-state index in [-0.39, 0.29) is 12.0 Å². The Balaban J connectivity index is 1.96. The summed E-state index contributed by atoms with van der Waals surface area (Å²) in [5, 5.41) is 0. The minimum absolute atomic E-state index is 0.0139. The number of rotatable bonds is 0. The molecule has 2 saturated carbocycles. The Morgan fingerprint density at radius 1 is 1.00 bits per heavy atom. The molecule has 11 heavy (non-hydrogen) atoms. The molecule has 3 heteroatoms. The molecular formula is C8H10F2O. The summed E-state index contributed by atoms with van der Waals surface area (Å²) in [6, 6.07) is 0. The highest BCUT2D eigenvalue weighted by atomic mass is 19.3. The van der Waals surface area contributed by atoms with E-state index >= 15 is 0 Å². The lowest BCUT2D eigenvalue weighted by Gasteiger charge is -2.15. The van der Waals surface area contributed by atoms with Crippen LogP contribution in [-0.4, -0.2) is 17.1 Å². The molecule has 1 saturated heterocycles. The molecule has 0 aromatic rings. The zero-order valence-electron chi connectivity index (χ0n) is 6.20. The largest absolute Gasteiger partial charge is 0.362 e. The third-order valence-corrected chi connectivity index (χ3v) is 3.13. The van der Waals surface area contributed by atoms with E-state index in [4.69, 9.17) is 4.74 Å². The van der Waals surface area contributed by atoms with Gasteiger partial charge >= 0.3 is 0 Å². The van der Waals surface area contributed by atoms with E-state index < -0.39 is 11.5 Å². The van der Waals surface area contributed by atoms with Crippen LogP contribution in [0.15, 0.2) is 0 Å². The second-order valence-corrected chi connectivity index (χ2v) is 4.16.